The first kappa shape index (κ1) is 12.2. The molecule has 2 N–H and O–H groups in total. The van der Waals surface area contributed by atoms with Gasteiger partial charge >= 0.3 is 0 Å². The number of rotatable bonds is 3. The molecule has 2 bridgehead atoms. The molecule has 2 aliphatic carbocycles. The Balaban J connectivity index is 1.85. The summed E-state index contributed by atoms with van der Waals surface area (Å²) in [4.78, 5) is 4.87. The fourth-order valence-corrected chi connectivity index (χ4v) is 4.46. The number of nitrogen functional groups attached to an aromatic ring is 1. The van der Waals surface area contributed by atoms with Crippen molar-refractivity contribution >= 4 is 16.7 Å². The highest BCUT2D eigenvalue weighted by molar-refractivity contribution is 5.80. The first-order valence-corrected chi connectivity index (χ1v) is 8.02. The van der Waals surface area contributed by atoms with Crippen molar-refractivity contribution in [3.05, 3.63) is 24.0 Å². The SMILES string of the molecule is CCCc1nc2cc(N)ccc2n1C1CC2CCC1C2. The summed E-state index contributed by atoms with van der Waals surface area (Å²) in [6.07, 6.45) is 7.88. The normalized spacial score (nSPS) is 28.6. The average molecular weight is 269 g/mol. The Morgan fingerprint density at radius 3 is 2.90 bits per heavy atom. The van der Waals surface area contributed by atoms with E-state index in [0.717, 1.165) is 35.9 Å². The van der Waals surface area contributed by atoms with Gasteiger partial charge in [0, 0.05) is 18.2 Å². The summed E-state index contributed by atoms with van der Waals surface area (Å²) in [7, 11) is 0. The van der Waals surface area contributed by atoms with Gasteiger partial charge in [-0.25, -0.2) is 4.98 Å². The minimum absolute atomic E-state index is 0.684. The van der Waals surface area contributed by atoms with E-state index in [0.29, 0.717) is 6.04 Å². The number of aryl methyl sites for hydroxylation is 1. The standard InChI is InChI=1S/C17H23N3/c1-2-3-17-19-14-10-13(18)6-7-15(14)20(17)16-9-11-4-5-12(16)8-11/h6-7,10-12,16H,2-5,8-9,18H2,1H3. The second-order valence-corrected chi connectivity index (χ2v) is 6.64. The molecule has 2 fully saturated rings. The fraction of sp³-hybridized carbons (Fsp3) is 0.588. The van der Waals surface area contributed by atoms with Crippen molar-refractivity contribution in [1.29, 1.82) is 0 Å². The highest BCUT2D eigenvalue weighted by atomic mass is 15.1. The minimum Gasteiger partial charge on any atom is -0.399 e. The molecule has 0 radical (unpaired) electrons. The molecule has 1 aromatic carbocycles. The number of hydrogen-bond donors (Lipinski definition) is 1. The lowest BCUT2D eigenvalue weighted by Gasteiger charge is -2.25. The van der Waals surface area contributed by atoms with Crippen molar-refractivity contribution in [1.82, 2.24) is 9.55 Å². The van der Waals surface area contributed by atoms with Crippen molar-refractivity contribution in [2.24, 2.45) is 11.8 Å². The second kappa shape index (κ2) is 4.51. The summed E-state index contributed by atoms with van der Waals surface area (Å²) >= 11 is 0. The highest BCUT2D eigenvalue weighted by Crippen LogP contribution is 2.51. The minimum atomic E-state index is 0.684. The molecule has 20 heavy (non-hydrogen) atoms. The summed E-state index contributed by atoms with van der Waals surface area (Å²) in [6.45, 7) is 2.23. The highest BCUT2D eigenvalue weighted by Gasteiger charge is 2.41. The zero-order chi connectivity index (χ0) is 13.7. The number of anilines is 1. The Morgan fingerprint density at radius 2 is 2.20 bits per heavy atom. The average Bonchev–Trinajstić information content (AvgIpc) is 3.11. The summed E-state index contributed by atoms with van der Waals surface area (Å²) in [5.41, 5.74) is 9.11. The van der Waals surface area contributed by atoms with Crippen LogP contribution < -0.4 is 5.73 Å². The van der Waals surface area contributed by atoms with Gasteiger partial charge in [-0.05, 0) is 55.7 Å². The summed E-state index contributed by atoms with van der Waals surface area (Å²) in [6, 6.07) is 6.90. The lowest BCUT2D eigenvalue weighted by atomic mass is 9.94. The maximum absolute atomic E-state index is 5.92. The van der Waals surface area contributed by atoms with Gasteiger partial charge in [0.2, 0.25) is 0 Å². The van der Waals surface area contributed by atoms with Crippen molar-refractivity contribution < 1.29 is 0 Å². The third-order valence-corrected chi connectivity index (χ3v) is 5.29. The predicted molar refractivity (Wildman–Crippen MR) is 82.6 cm³/mol. The van der Waals surface area contributed by atoms with Crippen LogP contribution in [0.2, 0.25) is 0 Å². The molecule has 2 aliphatic rings. The van der Waals surface area contributed by atoms with Gasteiger partial charge in [-0.2, -0.15) is 0 Å². The van der Waals surface area contributed by atoms with Crippen LogP contribution in [0.1, 0.15) is 50.9 Å². The van der Waals surface area contributed by atoms with E-state index in [-0.39, 0.29) is 0 Å². The molecular formula is C17H23N3. The molecule has 2 saturated carbocycles. The third kappa shape index (κ3) is 1.75. The van der Waals surface area contributed by atoms with Gasteiger partial charge in [-0.3, -0.25) is 0 Å². The lowest BCUT2D eigenvalue weighted by Crippen LogP contribution is -2.18. The summed E-state index contributed by atoms with van der Waals surface area (Å²) in [5, 5.41) is 0. The Kier molecular flexibility index (Phi) is 2.76. The molecule has 1 aromatic heterocycles. The number of nitrogens with zero attached hydrogens (tertiary/aromatic N) is 2. The second-order valence-electron chi connectivity index (χ2n) is 6.64. The molecule has 3 unspecified atom stereocenters. The fourth-order valence-electron chi connectivity index (χ4n) is 4.46. The molecule has 1 heterocycles. The molecule has 3 heteroatoms. The molecule has 0 amide bonds. The van der Waals surface area contributed by atoms with Crippen LogP contribution in [0.25, 0.3) is 11.0 Å². The van der Waals surface area contributed by atoms with E-state index in [9.17, 15) is 0 Å². The molecule has 0 aliphatic heterocycles. The number of fused-ring (bicyclic) bond motifs is 3. The van der Waals surface area contributed by atoms with Crippen LogP contribution in [0.3, 0.4) is 0 Å². The van der Waals surface area contributed by atoms with Crippen LogP contribution in [0, 0.1) is 11.8 Å². The Bertz CT molecular complexity index is 643. The van der Waals surface area contributed by atoms with Crippen LogP contribution in [0.5, 0.6) is 0 Å². The van der Waals surface area contributed by atoms with Crippen molar-refractivity contribution in [2.75, 3.05) is 5.73 Å². The molecule has 0 saturated heterocycles. The van der Waals surface area contributed by atoms with E-state index in [2.05, 4.69) is 17.6 Å². The maximum Gasteiger partial charge on any atom is 0.110 e. The van der Waals surface area contributed by atoms with Gasteiger partial charge in [-0.15, -0.1) is 0 Å². The van der Waals surface area contributed by atoms with Crippen LogP contribution in [0.15, 0.2) is 18.2 Å². The molecule has 4 rings (SSSR count). The number of nitrogens with two attached hydrogens (primary N) is 1. The first-order valence-electron chi connectivity index (χ1n) is 8.02. The molecule has 2 aromatic rings. The van der Waals surface area contributed by atoms with E-state index in [1.165, 1.54) is 37.0 Å². The monoisotopic (exact) mass is 269 g/mol. The van der Waals surface area contributed by atoms with Gasteiger partial charge in [-0.1, -0.05) is 13.3 Å². The molecule has 3 nitrogen and oxygen atoms in total. The topological polar surface area (TPSA) is 43.8 Å². The van der Waals surface area contributed by atoms with Crippen molar-refractivity contribution in [2.45, 2.75) is 51.5 Å². The molecule has 3 atom stereocenters. The quantitative estimate of drug-likeness (QED) is 0.858. The van der Waals surface area contributed by atoms with E-state index in [4.69, 9.17) is 10.7 Å². The molecule has 0 spiro atoms. The van der Waals surface area contributed by atoms with Crippen LogP contribution in [-0.4, -0.2) is 9.55 Å². The van der Waals surface area contributed by atoms with Gasteiger partial charge in [0.25, 0.3) is 0 Å². The molecular weight excluding hydrogens is 246 g/mol. The van der Waals surface area contributed by atoms with Crippen LogP contribution in [0.4, 0.5) is 5.69 Å². The van der Waals surface area contributed by atoms with E-state index >= 15 is 0 Å². The number of aromatic nitrogens is 2. The largest absolute Gasteiger partial charge is 0.399 e. The first-order chi connectivity index (χ1) is 9.76. The van der Waals surface area contributed by atoms with Gasteiger partial charge in [0.15, 0.2) is 0 Å². The number of benzene rings is 1. The number of imidazole rings is 1. The maximum atomic E-state index is 5.92. The Morgan fingerprint density at radius 1 is 1.30 bits per heavy atom. The molecule has 106 valence electrons. The van der Waals surface area contributed by atoms with E-state index in [1.54, 1.807) is 0 Å². The summed E-state index contributed by atoms with van der Waals surface area (Å²) in [5.74, 6) is 3.11. The van der Waals surface area contributed by atoms with Gasteiger partial charge < -0.3 is 10.3 Å². The third-order valence-electron chi connectivity index (χ3n) is 5.29. The predicted octanol–water partition coefficient (Wildman–Crippen LogP) is 3.93. The summed E-state index contributed by atoms with van der Waals surface area (Å²) < 4.78 is 2.56. The lowest BCUT2D eigenvalue weighted by molar-refractivity contribution is 0.329. The zero-order valence-electron chi connectivity index (χ0n) is 12.2. The zero-order valence-corrected chi connectivity index (χ0v) is 12.2. The van der Waals surface area contributed by atoms with Crippen molar-refractivity contribution in [3.8, 4) is 0 Å². The van der Waals surface area contributed by atoms with Crippen LogP contribution in [-0.2, 0) is 6.42 Å². The van der Waals surface area contributed by atoms with E-state index in [1.807, 2.05) is 12.1 Å². The van der Waals surface area contributed by atoms with Crippen molar-refractivity contribution in [3.63, 3.8) is 0 Å². The van der Waals surface area contributed by atoms with E-state index < -0.39 is 0 Å². The van der Waals surface area contributed by atoms with Gasteiger partial charge in [0.05, 0.1) is 11.0 Å². The van der Waals surface area contributed by atoms with Gasteiger partial charge in [0.1, 0.15) is 5.82 Å². The Hall–Kier alpha value is -1.51. The number of hydrogen-bond acceptors (Lipinski definition) is 2. The Labute approximate surface area is 120 Å². The smallest absolute Gasteiger partial charge is 0.110 e. The van der Waals surface area contributed by atoms with Crippen LogP contribution >= 0.6 is 0 Å².